The van der Waals surface area contributed by atoms with E-state index in [2.05, 4.69) is 36.5 Å². The van der Waals surface area contributed by atoms with Crippen LogP contribution in [-0.2, 0) is 6.18 Å². The van der Waals surface area contributed by atoms with Gasteiger partial charge in [0.2, 0.25) is 5.95 Å². The van der Waals surface area contributed by atoms with Crippen LogP contribution in [0.3, 0.4) is 0 Å². The molecule has 1 aromatic carbocycles. The van der Waals surface area contributed by atoms with E-state index in [1.807, 2.05) is 39.8 Å². The highest BCUT2D eigenvalue weighted by atomic mass is 79.9. The Hall–Kier alpha value is -1.87. The summed E-state index contributed by atoms with van der Waals surface area (Å²) in [6, 6.07) is 4.13. The molecule has 0 amide bonds. The molecule has 2 rings (SSSR count). The summed E-state index contributed by atoms with van der Waals surface area (Å²) in [6.07, 6.45) is -4.62. The van der Waals surface area contributed by atoms with Gasteiger partial charge in [-0.25, -0.2) is 4.98 Å². The van der Waals surface area contributed by atoms with Gasteiger partial charge in [-0.3, -0.25) is 0 Å². The first kappa shape index (κ1) is 21.4. The quantitative estimate of drug-likeness (QED) is 0.579. The number of aliphatic hydroxyl groups is 1. The van der Waals surface area contributed by atoms with E-state index in [0.717, 1.165) is 21.7 Å². The first-order valence-electron chi connectivity index (χ1n) is 8.38. The van der Waals surface area contributed by atoms with E-state index in [1.165, 1.54) is 0 Å². The highest BCUT2D eigenvalue weighted by molar-refractivity contribution is 9.10. The van der Waals surface area contributed by atoms with Crippen molar-refractivity contribution in [2.24, 2.45) is 5.92 Å². The van der Waals surface area contributed by atoms with Crippen LogP contribution < -0.4 is 10.6 Å². The van der Waals surface area contributed by atoms with Crippen molar-refractivity contribution in [1.82, 2.24) is 9.97 Å². The van der Waals surface area contributed by atoms with Gasteiger partial charge in [0.1, 0.15) is 5.82 Å². The van der Waals surface area contributed by atoms with E-state index in [4.69, 9.17) is 0 Å². The lowest BCUT2D eigenvalue weighted by Crippen LogP contribution is -2.30. The van der Waals surface area contributed by atoms with Crippen LogP contribution in [0.5, 0.6) is 0 Å². The minimum Gasteiger partial charge on any atom is -0.394 e. The first-order chi connectivity index (χ1) is 12.5. The molecule has 0 fully saturated rings. The van der Waals surface area contributed by atoms with Crippen molar-refractivity contribution in [3.05, 3.63) is 39.5 Å². The summed E-state index contributed by atoms with van der Waals surface area (Å²) < 4.78 is 40.7. The highest BCUT2D eigenvalue weighted by Crippen LogP contribution is 2.32. The van der Waals surface area contributed by atoms with Crippen molar-refractivity contribution >= 4 is 33.4 Å². The average Bonchev–Trinajstić information content (AvgIpc) is 2.54. The molecule has 2 aromatic rings. The fraction of sp³-hybridized carbons (Fsp3) is 0.444. The van der Waals surface area contributed by atoms with E-state index in [0.29, 0.717) is 5.69 Å². The fourth-order valence-electron chi connectivity index (χ4n) is 2.55. The van der Waals surface area contributed by atoms with Crippen LogP contribution in [0.2, 0.25) is 0 Å². The molecule has 3 N–H and O–H groups in total. The SMILES string of the molecule is Cc1cc(Br)cc(C)c1Nc1cc(C(F)(F)F)nc(N[C@H](CO)C(C)C)n1. The van der Waals surface area contributed by atoms with E-state index < -0.39 is 17.9 Å². The minimum absolute atomic E-state index is 0.0134. The first-order valence-corrected chi connectivity index (χ1v) is 9.18. The second kappa shape index (κ2) is 8.43. The van der Waals surface area contributed by atoms with Crippen LogP contribution in [0.15, 0.2) is 22.7 Å². The smallest absolute Gasteiger partial charge is 0.394 e. The number of aliphatic hydroxyl groups excluding tert-OH is 1. The van der Waals surface area contributed by atoms with Crippen LogP contribution in [-0.4, -0.2) is 27.7 Å². The molecule has 0 saturated heterocycles. The second-order valence-electron chi connectivity index (χ2n) is 6.68. The zero-order valence-electron chi connectivity index (χ0n) is 15.4. The largest absolute Gasteiger partial charge is 0.433 e. The van der Waals surface area contributed by atoms with Crippen LogP contribution >= 0.6 is 15.9 Å². The molecule has 0 bridgehead atoms. The van der Waals surface area contributed by atoms with Gasteiger partial charge in [-0.1, -0.05) is 29.8 Å². The monoisotopic (exact) mass is 446 g/mol. The third kappa shape index (κ3) is 5.55. The zero-order chi connectivity index (χ0) is 20.4. The van der Waals surface area contributed by atoms with Gasteiger partial charge in [-0.2, -0.15) is 18.2 Å². The van der Waals surface area contributed by atoms with E-state index in [-0.39, 0.29) is 24.3 Å². The Morgan fingerprint density at radius 3 is 2.19 bits per heavy atom. The normalized spacial score (nSPS) is 13.0. The molecule has 9 heteroatoms. The van der Waals surface area contributed by atoms with Crippen molar-refractivity contribution in [2.75, 3.05) is 17.2 Å². The number of anilines is 3. The van der Waals surface area contributed by atoms with Crippen molar-refractivity contribution in [3.63, 3.8) is 0 Å². The molecule has 0 radical (unpaired) electrons. The van der Waals surface area contributed by atoms with Gasteiger partial charge < -0.3 is 15.7 Å². The second-order valence-corrected chi connectivity index (χ2v) is 7.59. The molecule has 0 spiro atoms. The molecular formula is C18H22BrF3N4O. The lowest BCUT2D eigenvalue weighted by atomic mass is 10.1. The maximum absolute atomic E-state index is 13.3. The summed E-state index contributed by atoms with van der Waals surface area (Å²) >= 11 is 3.39. The van der Waals surface area contributed by atoms with E-state index in [1.54, 1.807) is 0 Å². The van der Waals surface area contributed by atoms with Crippen molar-refractivity contribution in [1.29, 1.82) is 0 Å². The molecule has 0 aliphatic heterocycles. The Labute approximate surface area is 164 Å². The molecule has 0 aliphatic carbocycles. The van der Waals surface area contributed by atoms with Gasteiger partial charge in [-0.05, 0) is 43.0 Å². The number of rotatable bonds is 6. The molecule has 1 heterocycles. The predicted molar refractivity (Wildman–Crippen MR) is 103 cm³/mol. The summed E-state index contributed by atoms with van der Waals surface area (Å²) in [5, 5.41) is 15.2. The molecule has 0 saturated carbocycles. The number of nitrogens with one attached hydrogen (secondary N) is 2. The predicted octanol–water partition coefficient (Wildman–Crippen LogP) is 5.05. The highest BCUT2D eigenvalue weighted by Gasteiger charge is 2.34. The molecule has 1 atom stereocenters. The minimum atomic E-state index is -4.62. The number of halogens is 4. The van der Waals surface area contributed by atoms with Gasteiger partial charge in [-0.15, -0.1) is 0 Å². The molecule has 27 heavy (non-hydrogen) atoms. The van der Waals surface area contributed by atoms with Crippen LogP contribution in [0, 0.1) is 19.8 Å². The summed E-state index contributed by atoms with van der Waals surface area (Å²) in [7, 11) is 0. The number of aryl methyl sites for hydroxylation is 2. The van der Waals surface area contributed by atoms with Crippen LogP contribution in [0.4, 0.5) is 30.6 Å². The number of benzene rings is 1. The van der Waals surface area contributed by atoms with Crippen LogP contribution in [0.1, 0.15) is 30.7 Å². The number of nitrogens with zero attached hydrogens (tertiary/aromatic N) is 2. The lowest BCUT2D eigenvalue weighted by molar-refractivity contribution is -0.141. The molecule has 5 nitrogen and oxygen atoms in total. The number of hydrogen-bond donors (Lipinski definition) is 3. The Kier molecular flexibility index (Phi) is 6.69. The third-order valence-corrected chi connectivity index (χ3v) is 4.54. The molecule has 0 unspecified atom stereocenters. The third-order valence-electron chi connectivity index (χ3n) is 4.08. The van der Waals surface area contributed by atoms with E-state index >= 15 is 0 Å². The molecule has 148 valence electrons. The van der Waals surface area contributed by atoms with Gasteiger partial charge in [0.05, 0.1) is 12.6 Å². The van der Waals surface area contributed by atoms with Crippen molar-refractivity contribution in [3.8, 4) is 0 Å². The maximum Gasteiger partial charge on any atom is 0.433 e. The standard InChI is InChI=1S/C18H22BrF3N4O/c1-9(2)13(8-27)23-17-24-14(18(20,21)22)7-15(26-17)25-16-10(3)5-12(19)6-11(16)4/h5-7,9,13,27H,8H2,1-4H3,(H2,23,24,25,26)/t13-/m1/s1. The van der Waals surface area contributed by atoms with Gasteiger partial charge in [0, 0.05) is 16.2 Å². The van der Waals surface area contributed by atoms with E-state index in [9.17, 15) is 18.3 Å². The molecule has 0 aliphatic rings. The average molecular weight is 447 g/mol. The topological polar surface area (TPSA) is 70.1 Å². The van der Waals surface area contributed by atoms with Gasteiger partial charge in [0.25, 0.3) is 0 Å². The zero-order valence-corrected chi connectivity index (χ0v) is 17.0. The molecular weight excluding hydrogens is 425 g/mol. The number of hydrogen-bond acceptors (Lipinski definition) is 5. The Morgan fingerprint density at radius 2 is 1.70 bits per heavy atom. The van der Waals surface area contributed by atoms with Crippen molar-refractivity contribution < 1.29 is 18.3 Å². The lowest BCUT2D eigenvalue weighted by Gasteiger charge is -2.21. The Bertz CT molecular complexity index is 789. The summed E-state index contributed by atoms with van der Waals surface area (Å²) in [4.78, 5) is 7.73. The van der Waals surface area contributed by atoms with Crippen LogP contribution in [0.25, 0.3) is 0 Å². The maximum atomic E-state index is 13.3. The van der Waals surface area contributed by atoms with Gasteiger partial charge >= 0.3 is 6.18 Å². The van der Waals surface area contributed by atoms with Gasteiger partial charge in [0.15, 0.2) is 5.69 Å². The summed E-state index contributed by atoms with van der Waals surface area (Å²) in [5.74, 6) is -0.179. The summed E-state index contributed by atoms with van der Waals surface area (Å²) in [6.45, 7) is 7.15. The van der Waals surface area contributed by atoms with Crippen molar-refractivity contribution in [2.45, 2.75) is 39.9 Å². The Morgan fingerprint density at radius 1 is 1.11 bits per heavy atom. The fourth-order valence-corrected chi connectivity index (χ4v) is 3.23. The molecule has 1 aromatic heterocycles. The Balaban J connectivity index is 2.45. The number of alkyl halides is 3. The summed E-state index contributed by atoms with van der Waals surface area (Å²) in [5.41, 5.74) is 1.34. The number of aromatic nitrogens is 2.